The Labute approximate surface area is 168 Å². The van der Waals surface area contributed by atoms with Crippen LogP contribution in [-0.4, -0.2) is 58.6 Å². The lowest BCUT2D eigenvalue weighted by Crippen LogP contribution is -2.49. The van der Waals surface area contributed by atoms with E-state index in [1.807, 2.05) is 24.3 Å². The Kier molecular flexibility index (Phi) is 10.8. The number of hydrogen-bond acceptors (Lipinski definition) is 3. The fraction of sp³-hybridized carbons (Fsp3) is 0.765. The molecular formula is C17H32IN5S. The number of halogens is 1. The molecule has 0 aromatic carbocycles. The van der Waals surface area contributed by atoms with Crippen LogP contribution in [0.4, 0.5) is 0 Å². The lowest BCUT2D eigenvalue weighted by Gasteiger charge is -2.39. The van der Waals surface area contributed by atoms with Crippen molar-refractivity contribution >= 4 is 41.7 Å². The molecule has 1 aromatic rings. The van der Waals surface area contributed by atoms with Crippen molar-refractivity contribution in [1.82, 2.24) is 19.8 Å². The minimum atomic E-state index is 0. The highest BCUT2D eigenvalue weighted by Crippen LogP contribution is 2.27. The van der Waals surface area contributed by atoms with Crippen LogP contribution in [0.1, 0.15) is 39.2 Å². The largest absolute Gasteiger partial charge is 0.357 e. The SMILES string of the molecule is CCNC(=NCCCCSC)N1CCC(C)C(n2ccnc2)C1.I. The fourth-order valence-electron chi connectivity index (χ4n) is 3.06. The summed E-state index contributed by atoms with van der Waals surface area (Å²) in [6.45, 7) is 8.42. The molecule has 2 atom stereocenters. The Bertz CT molecular complexity index is 466. The molecule has 7 heteroatoms. The van der Waals surface area contributed by atoms with E-state index in [0.29, 0.717) is 12.0 Å². The smallest absolute Gasteiger partial charge is 0.193 e. The number of aliphatic imine (C=N–C) groups is 1. The van der Waals surface area contributed by atoms with Crippen molar-refractivity contribution in [1.29, 1.82) is 0 Å². The fourth-order valence-corrected chi connectivity index (χ4v) is 3.56. The number of nitrogens with zero attached hydrogens (tertiary/aromatic N) is 4. The maximum atomic E-state index is 4.85. The normalized spacial score (nSPS) is 21.5. The van der Waals surface area contributed by atoms with Crippen molar-refractivity contribution in [2.75, 3.05) is 38.2 Å². The Balaban J connectivity index is 0.00000288. The van der Waals surface area contributed by atoms with Gasteiger partial charge in [-0.15, -0.1) is 24.0 Å². The quantitative estimate of drug-likeness (QED) is 0.290. The zero-order valence-corrected chi connectivity index (χ0v) is 18.3. The van der Waals surface area contributed by atoms with Gasteiger partial charge in [-0.1, -0.05) is 6.92 Å². The van der Waals surface area contributed by atoms with Gasteiger partial charge in [0.15, 0.2) is 5.96 Å². The molecule has 0 spiro atoms. The van der Waals surface area contributed by atoms with Gasteiger partial charge in [-0.3, -0.25) is 4.99 Å². The van der Waals surface area contributed by atoms with Crippen LogP contribution >= 0.6 is 35.7 Å². The molecule has 0 bridgehead atoms. The average molecular weight is 465 g/mol. The predicted octanol–water partition coefficient (Wildman–Crippen LogP) is 3.49. The summed E-state index contributed by atoms with van der Waals surface area (Å²) in [6.07, 6.45) is 11.7. The van der Waals surface area contributed by atoms with Gasteiger partial charge in [0.2, 0.25) is 0 Å². The molecule has 2 rings (SSSR count). The number of likely N-dealkylation sites (tertiary alicyclic amines) is 1. The first-order valence-electron chi connectivity index (χ1n) is 8.75. The Morgan fingerprint density at radius 1 is 1.42 bits per heavy atom. The van der Waals surface area contributed by atoms with E-state index >= 15 is 0 Å². The molecule has 0 radical (unpaired) electrons. The second-order valence-corrected chi connectivity index (χ2v) is 7.21. The minimum Gasteiger partial charge on any atom is -0.357 e. The Morgan fingerprint density at radius 2 is 2.25 bits per heavy atom. The molecule has 2 unspecified atom stereocenters. The van der Waals surface area contributed by atoms with Crippen LogP contribution in [0.15, 0.2) is 23.7 Å². The molecule has 0 saturated carbocycles. The molecule has 138 valence electrons. The van der Waals surface area contributed by atoms with Gasteiger partial charge in [0.25, 0.3) is 0 Å². The summed E-state index contributed by atoms with van der Waals surface area (Å²) in [6, 6.07) is 0.478. The van der Waals surface area contributed by atoms with E-state index < -0.39 is 0 Å². The summed E-state index contributed by atoms with van der Waals surface area (Å²) in [5, 5.41) is 3.47. The van der Waals surface area contributed by atoms with Gasteiger partial charge in [-0.2, -0.15) is 11.8 Å². The Hall–Kier alpha value is -0.440. The second-order valence-electron chi connectivity index (χ2n) is 6.22. The topological polar surface area (TPSA) is 45.5 Å². The van der Waals surface area contributed by atoms with Crippen LogP contribution in [0.2, 0.25) is 0 Å². The molecule has 0 aliphatic carbocycles. The number of nitrogens with one attached hydrogen (secondary N) is 1. The number of piperidine rings is 1. The third-order valence-electron chi connectivity index (χ3n) is 4.48. The molecule has 1 fully saturated rings. The van der Waals surface area contributed by atoms with E-state index in [2.05, 4.69) is 46.1 Å². The van der Waals surface area contributed by atoms with Crippen molar-refractivity contribution in [3.63, 3.8) is 0 Å². The van der Waals surface area contributed by atoms with Gasteiger partial charge in [0, 0.05) is 38.6 Å². The van der Waals surface area contributed by atoms with Crippen molar-refractivity contribution in [2.45, 2.75) is 39.2 Å². The van der Waals surface area contributed by atoms with E-state index in [-0.39, 0.29) is 24.0 Å². The van der Waals surface area contributed by atoms with E-state index in [0.717, 1.165) is 32.1 Å². The minimum absolute atomic E-state index is 0. The predicted molar refractivity (Wildman–Crippen MR) is 116 cm³/mol. The zero-order chi connectivity index (χ0) is 16.5. The van der Waals surface area contributed by atoms with E-state index in [1.165, 1.54) is 25.0 Å². The standard InChI is InChI=1S/C17H31N5S.HI/c1-4-19-17(20-8-5-6-12-23-3)21-10-7-15(2)16(13-21)22-11-9-18-14-22;/h9,11,14-16H,4-8,10,12-13H2,1-3H3,(H,19,20);1H. The van der Waals surface area contributed by atoms with E-state index in [9.17, 15) is 0 Å². The lowest BCUT2D eigenvalue weighted by atomic mass is 9.93. The third-order valence-corrected chi connectivity index (χ3v) is 5.18. The highest BCUT2D eigenvalue weighted by Gasteiger charge is 2.28. The molecule has 1 saturated heterocycles. The maximum Gasteiger partial charge on any atom is 0.193 e. The summed E-state index contributed by atoms with van der Waals surface area (Å²) in [5.74, 6) is 2.98. The maximum absolute atomic E-state index is 4.85. The summed E-state index contributed by atoms with van der Waals surface area (Å²) < 4.78 is 2.25. The molecule has 1 aliphatic heterocycles. The van der Waals surface area contributed by atoms with E-state index in [4.69, 9.17) is 4.99 Å². The number of aromatic nitrogens is 2. The summed E-state index contributed by atoms with van der Waals surface area (Å²) in [4.78, 5) is 11.5. The molecule has 0 amide bonds. The first kappa shape index (κ1) is 21.6. The van der Waals surface area contributed by atoms with Crippen molar-refractivity contribution in [3.05, 3.63) is 18.7 Å². The number of guanidine groups is 1. The van der Waals surface area contributed by atoms with Gasteiger partial charge >= 0.3 is 0 Å². The molecular weight excluding hydrogens is 433 g/mol. The summed E-state index contributed by atoms with van der Waals surface area (Å²) >= 11 is 1.91. The van der Waals surface area contributed by atoms with E-state index in [1.54, 1.807) is 0 Å². The molecule has 5 nitrogen and oxygen atoms in total. The highest BCUT2D eigenvalue weighted by atomic mass is 127. The summed E-state index contributed by atoms with van der Waals surface area (Å²) in [7, 11) is 0. The van der Waals surface area contributed by atoms with Gasteiger partial charge in [-0.05, 0) is 44.1 Å². The van der Waals surface area contributed by atoms with Crippen LogP contribution in [0, 0.1) is 5.92 Å². The van der Waals surface area contributed by atoms with Crippen LogP contribution in [-0.2, 0) is 0 Å². The first-order chi connectivity index (χ1) is 11.3. The lowest BCUT2D eigenvalue weighted by molar-refractivity contribution is 0.189. The number of thioether (sulfide) groups is 1. The molecule has 1 aliphatic rings. The van der Waals surface area contributed by atoms with Gasteiger partial charge in [0.1, 0.15) is 0 Å². The van der Waals surface area contributed by atoms with Crippen molar-refractivity contribution < 1.29 is 0 Å². The number of imidazole rings is 1. The molecule has 24 heavy (non-hydrogen) atoms. The number of hydrogen-bond donors (Lipinski definition) is 1. The number of unbranched alkanes of at least 4 members (excludes halogenated alkanes) is 1. The average Bonchev–Trinajstić information content (AvgIpc) is 3.08. The molecule has 1 N–H and O–H groups in total. The van der Waals surface area contributed by atoms with Gasteiger partial charge < -0.3 is 14.8 Å². The van der Waals surface area contributed by atoms with Crippen LogP contribution in [0.3, 0.4) is 0 Å². The zero-order valence-electron chi connectivity index (χ0n) is 15.1. The van der Waals surface area contributed by atoms with Crippen molar-refractivity contribution in [2.24, 2.45) is 10.9 Å². The van der Waals surface area contributed by atoms with Gasteiger partial charge in [0.05, 0.1) is 12.4 Å². The van der Waals surface area contributed by atoms with Gasteiger partial charge in [-0.25, -0.2) is 4.98 Å². The highest BCUT2D eigenvalue weighted by molar-refractivity contribution is 14.0. The van der Waals surface area contributed by atoms with Crippen LogP contribution < -0.4 is 5.32 Å². The Morgan fingerprint density at radius 3 is 2.92 bits per heavy atom. The van der Waals surface area contributed by atoms with Crippen molar-refractivity contribution in [3.8, 4) is 0 Å². The molecule has 2 heterocycles. The van der Waals surface area contributed by atoms with Crippen LogP contribution in [0.25, 0.3) is 0 Å². The first-order valence-corrected chi connectivity index (χ1v) is 10.1. The van der Waals surface area contributed by atoms with Crippen LogP contribution in [0.5, 0.6) is 0 Å². The number of rotatable bonds is 7. The second kappa shape index (κ2) is 12.0. The monoisotopic (exact) mass is 465 g/mol. The summed E-state index contributed by atoms with van der Waals surface area (Å²) in [5.41, 5.74) is 0. The third kappa shape index (κ3) is 6.46. The molecule has 1 aromatic heterocycles.